The van der Waals surface area contributed by atoms with E-state index in [1.165, 1.54) is 23.5 Å². The standard InChI is InChI=1S/C14H11N3O2.C7H8.C3H8.C2H5.Y/c1-10(18)16-11-6-2-3-7-12(11)17(14(16)19)13-8-4-5-9-15-13;1-7-5-3-2-4-6-7;1-3-2;1-2;/h2-9H,1H3;2-6H,1H3;3H2,1-2H3;1H2,2H3;/q;;;-1;. The Morgan fingerprint density at radius 2 is 1.38 bits per heavy atom. The summed E-state index contributed by atoms with van der Waals surface area (Å²) in [7, 11) is 0. The second kappa shape index (κ2) is 16.3. The number of imidazole rings is 1. The van der Waals surface area contributed by atoms with Crippen molar-refractivity contribution in [2.24, 2.45) is 0 Å². The van der Waals surface area contributed by atoms with Gasteiger partial charge >= 0.3 is 5.69 Å². The molecule has 0 aliphatic carbocycles. The van der Waals surface area contributed by atoms with E-state index in [0.717, 1.165) is 4.57 Å². The predicted molar refractivity (Wildman–Crippen MR) is 130 cm³/mol. The molecule has 0 aliphatic rings. The maximum Gasteiger partial charge on any atom is 0.341 e. The maximum atomic E-state index is 12.4. The van der Waals surface area contributed by atoms with E-state index >= 15 is 0 Å². The minimum absolute atomic E-state index is 0. The fraction of sp³-hybridized carbons (Fsp3) is 0.231. The van der Waals surface area contributed by atoms with E-state index in [-0.39, 0.29) is 38.6 Å². The predicted octanol–water partition coefficient (Wildman–Crippen LogP) is 6.10. The molecule has 0 bridgehead atoms. The van der Waals surface area contributed by atoms with Crippen molar-refractivity contribution in [2.45, 2.75) is 41.0 Å². The van der Waals surface area contributed by atoms with E-state index in [4.69, 9.17) is 0 Å². The number of fused-ring (bicyclic) bond motifs is 1. The van der Waals surface area contributed by atoms with Crippen molar-refractivity contribution in [2.75, 3.05) is 0 Å². The fourth-order valence-electron chi connectivity index (χ4n) is 2.69. The molecule has 2 aromatic heterocycles. The number of hydrogen-bond donors (Lipinski definition) is 0. The number of pyridine rings is 1. The van der Waals surface area contributed by atoms with Crippen molar-refractivity contribution in [1.82, 2.24) is 14.1 Å². The Kier molecular flexibility index (Phi) is 15.1. The van der Waals surface area contributed by atoms with Gasteiger partial charge in [0.2, 0.25) is 5.91 Å². The van der Waals surface area contributed by atoms with Crippen molar-refractivity contribution in [3.8, 4) is 5.82 Å². The van der Waals surface area contributed by atoms with Gasteiger partial charge in [-0.05, 0) is 31.2 Å². The first-order valence-electron chi connectivity index (χ1n) is 10.4. The van der Waals surface area contributed by atoms with Crippen LogP contribution >= 0.6 is 0 Å². The van der Waals surface area contributed by atoms with Gasteiger partial charge in [0, 0.05) is 45.8 Å². The monoisotopic (exact) mass is 507 g/mol. The van der Waals surface area contributed by atoms with E-state index in [9.17, 15) is 9.59 Å². The average molecular weight is 507 g/mol. The van der Waals surface area contributed by atoms with Crippen molar-refractivity contribution in [3.63, 3.8) is 0 Å². The summed E-state index contributed by atoms with van der Waals surface area (Å²) < 4.78 is 2.60. The summed E-state index contributed by atoms with van der Waals surface area (Å²) in [6.45, 7) is 12.7. The van der Waals surface area contributed by atoms with Crippen LogP contribution in [0.4, 0.5) is 0 Å². The first-order valence-corrected chi connectivity index (χ1v) is 10.4. The first kappa shape index (κ1) is 29.6. The minimum atomic E-state index is -0.396. The van der Waals surface area contributed by atoms with Crippen LogP contribution in [0, 0.1) is 13.8 Å². The molecule has 1 radical (unpaired) electrons. The molecule has 0 fully saturated rings. The Bertz CT molecular complexity index is 1100. The van der Waals surface area contributed by atoms with E-state index in [1.54, 1.807) is 49.5 Å². The Morgan fingerprint density at radius 3 is 1.81 bits per heavy atom. The number of nitrogens with zero attached hydrogens (tertiary/aromatic N) is 3. The maximum absolute atomic E-state index is 12.4. The van der Waals surface area contributed by atoms with Gasteiger partial charge in [-0.3, -0.25) is 4.79 Å². The number of aryl methyl sites for hydroxylation is 1. The molecule has 6 heteroatoms. The number of hydrogen-bond acceptors (Lipinski definition) is 3. The number of carbonyl (C=O) groups is 1. The summed E-state index contributed by atoms with van der Waals surface area (Å²) in [6, 6.07) is 22.7. The summed E-state index contributed by atoms with van der Waals surface area (Å²) in [5, 5.41) is 0. The largest absolute Gasteiger partial charge is 0.346 e. The summed E-state index contributed by atoms with van der Waals surface area (Å²) in [4.78, 5) is 28.2. The fourth-order valence-corrected chi connectivity index (χ4v) is 2.69. The Hall–Kier alpha value is -2.37. The topological polar surface area (TPSA) is 56.9 Å². The molecule has 0 N–H and O–H groups in total. The Balaban J connectivity index is 0.000000619. The van der Waals surface area contributed by atoms with Crippen molar-refractivity contribution < 1.29 is 37.5 Å². The van der Waals surface area contributed by atoms with E-state index in [1.807, 2.05) is 24.3 Å². The summed E-state index contributed by atoms with van der Waals surface area (Å²) in [6.07, 6.45) is 2.86. The number of rotatable bonds is 1. The van der Waals surface area contributed by atoms with Gasteiger partial charge in [-0.2, -0.15) is 6.92 Å². The average Bonchev–Trinajstić information content (AvgIpc) is 3.09. The zero-order valence-corrected chi connectivity index (χ0v) is 22.5. The molecule has 0 spiro atoms. The zero-order valence-electron chi connectivity index (χ0n) is 19.7. The molecule has 2 aromatic carbocycles. The van der Waals surface area contributed by atoms with Crippen LogP contribution in [-0.2, 0) is 32.7 Å². The van der Waals surface area contributed by atoms with E-state index < -0.39 is 5.69 Å². The van der Waals surface area contributed by atoms with Gasteiger partial charge in [0.05, 0.1) is 11.0 Å². The molecule has 0 amide bonds. The molecule has 0 unspecified atom stereocenters. The number of carbonyl (C=O) groups excluding carboxylic acids is 1. The molecule has 32 heavy (non-hydrogen) atoms. The normalized spacial score (nSPS) is 9.06. The smallest absolute Gasteiger partial charge is 0.341 e. The number of aromatic nitrogens is 3. The molecule has 0 saturated carbocycles. The van der Waals surface area contributed by atoms with Crippen molar-refractivity contribution in [3.05, 3.63) is 102 Å². The third kappa shape index (κ3) is 8.29. The Labute approximate surface area is 216 Å². The third-order valence-electron chi connectivity index (χ3n) is 3.88. The van der Waals surface area contributed by atoms with Crippen LogP contribution in [0.25, 0.3) is 16.9 Å². The van der Waals surface area contributed by atoms with Gasteiger partial charge in [-0.15, -0.1) is 0 Å². The number of benzene rings is 2. The van der Waals surface area contributed by atoms with Crippen LogP contribution < -0.4 is 5.69 Å². The van der Waals surface area contributed by atoms with Gasteiger partial charge in [0.15, 0.2) is 0 Å². The van der Waals surface area contributed by atoms with E-state index in [2.05, 4.69) is 44.8 Å². The van der Waals surface area contributed by atoms with Gasteiger partial charge in [0.25, 0.3) is 0 Å². The van der Waals surface area contributed by atoms with Crippen LogP contribution in [0.15, 0.2) is 83.8 Å². The summed E-state index contributed by atoms with van der Waals surface area (Å²) >= 11 is 0. The molecular weight excluding hydrogens is 475 g/mol. The van der Waals surface area contributed by atoms with Gasteiger partial charge < -0.3 is 6.92 Å². The molecule has 167 valence electrons. The molecule has 5 nitrogen and oxygen atoms in total. The molecule has 4 rings (SSSR count). The molecule has 2 heterocycles. The molecule has 0 aliphatic heterocycles. The molecule has 0 atom stereocenters. The van der Waals surface area contributed by atoms with Crippen molar-refractivity contribution in [1.29, 1.82) is 0 Å². The molecule has 0 saturated heterocycles. The Morgan fingerprint density at radius 1 is 0.875 bits per heavy atom. The summed E-state index contributed by atoms with van der Waals surface area (Å²) in [5.41, 5.74) is 2.18. The van der Waals surface area contributed by atoms with E-state index in [0.29, 0.717) is 16.9 Å². The summed E-state index contributed by atoms with van der Waals surface area (Å²) in [5.74, 6) is 0.194. The van der Waals surface area contributed by atoms with Gasteiger partial charge in [-0.25, -0.2) is 18.9 Å². The minimum Gasteiger partial charge on any atom is -0.346 e. The SMILES string of the molecule is CC(=O)n1c(=O)n(-c2ccccn2)c2ccccc21.CCC.Cc1ccccc1.[CH2-]C.[Y]. The third-order valence-corrected chi connectivity index (χ3v) is 3.88. The second-order valence-electron chi connectivity index (χ2n) is 6.51. The van der Waals surface area contributed by atoms with Crippen LogP contribution in [0.2, 0.25) is 0 Å². The van der Waals surface area contributed by atoms with Gasteiger partial charge in [0.1, 0.15) is 5.82 Å². The quantitative estimate of drug-likeness (QED) is 0.293. The molecule has 4 aromatic rings. The van der Waals surface area contributed by atoms with Gasteiger partial charge in [-0.1, -0.05) is 74.4 Å². The van der Waals surface area contributed by atoms with Crippen LogP contribution in [0.5, 0.6) is 0 Å². The van der Waals surface area contributed by atoms with Crippen LogP contribution in [-0.4, -0.2) is 20.0 Å². The number of para-hydroxylation sites is 2. The zero-order chi connectivity index (χ0) is 23.2. The van der Waals surface area contributed by atoms with Crippen LogP contribution in [0.3, 0.4) is 0 Å². The first-order chi connectivity index (χ1) is 15.0. The second-order valence-corrected chi connectivity index (χ2v) is 6.51. The van der Waals surface area contributed by atoms with Crippen LogP contribution in [0.1, 0.15) is 44.5 Å². The van der Waals surface area contributed by atoms with Crippen molar-refractivity contribution >= 4 is 16.9 Å². The molecular formula is C26H32N3O2Y-.